The fraction of sp³-hybridized carbons (Fsp3) is 0.619. The molecule has 2 aliphatic heterocycles. The van der Waals surface area contributed by atoms with Crippen molar-refractivity contribution in [3.8, 4) is 0 Å². The molecule has 146 valence electrons. The van der Waals surface area contributed by atoms with Crippen LogP contribution in [-0.4, -0.2) is 56.1 Å². The summed E-state index contributed by atoms with van der Waals surface area (Å²) in [6, 6.07) is 8.80. The predicted octanol–water partition coefficient (Wildman–Crippen LogP) is 2.31. The van der Waals surface area contributed by atoms with Gasteiger partial charge in [0.1, 0.15) is 0 Å². The van der Waals surface area contributed by atoms with Crippen LogP contribution in [-0.2, 0) is 4.79 Å². The van der Waals surface area contributed by atoms with Crippen molar-refractivity contribution in [1.82, 2.24) is 15.5 Å². The van der Waals surface area contributed by atoms with Crippen LogP contribution in [0, 0.1) is 5.92 Å². The van der Waals surface area contributed by atoms with Gasteiger partial charge in [0.25, 0.3) is 0 Å². The van der Waals surface area contributed by atoms with Crippen LogP contribution in [0.2, 0.25) is 0 Å². The second kappa shape index (κ2) is 7.79. The van der Waals surface area contributed by atoms with E-state index in [1.54, 1.807) is 0 Å². The molecular weight excluding hydrogens is 340 g/mol. The number of nitrogens with one attached hydrogen (secondary N) is 2. The van der Waals surface area contributed by atoms with Gasteiger partial charge in [-0.2, -0.15) is 0 Å². The molecular formula is C21H30N4O2. The van der Waals surface area contributed by atoms with E-state index in [-0.39, 0.29) is 17.9 Å². The first-order valence-corrected chi connectivity index (χ1v) is 10.2. The first-order chi connectivity index (χ1) is 13.1. The Morgan fingerprint density at radius 2 is 1.93 bits per heavy atom. The number of anilines is 1. The highest BCUT2D eigenvalue weighted by atomic mass is 16.2. The number of urea groups is 1. The Morgan fingerprint density at radius 3 is 2.74 bits per heavy atom. The number of carbonyl (C=O) groups is 2. The van der Waals surface area contributed by atoms with Crippen LogP contribution in [0.25, 0.3) is 0 Å². The standard InChI is InChI=1S/C21H30N4O2/c1-24-12-10-15(18-6-2-3-7-19(18)24)13-22-21(27)25-11-4-5-16(14-25)20(26)23-17-8-9-17/h2-3,6-7,15-17H,4-5,8-14H2,1H3,(H,22,27)(H,23,26)/t15-,16+/m0/s1. The summed E-state index contributed by atoms with van der Waals surface area (Å²) in [5.74, 6) is 0.411. The lowest BCUT2D eigenvalue weighted by Crippen LogP contribution is -2.50. The molecule has 2 N–H and O–H groups in total. The van der Waals surface area contributed by atoms with E-state index in [1.165, 1.54) is 11.3 Å². The number of amides is 3. The van der Waals surface area contributed by atoms with E-state index < -0.39 is 0 Å². The van der Waals surface area contributed by atoms with Crippen molar-refractivity contribution in [2.45, 2.75) is 44.1 Å². The SMILES string of the molecule is CN1CC[C@@H](CNC(=O)N2CCC[C@@H](C(=O)NC3CC3)C2)c2ccccc21. The number of piperidine rings is 1. The second-order valence-corrected chi connectivity index (χ2v) is 8.22. The third kappa shape index (κ3) is 4.20. The molecule has 0 unspecified atom stereocenters. The molecule has 0 spiro atoms. The minimum Gasteiger partial charge on any atom is -0.374 e. The Hall–Kier alpha value is -2.24. The lowest BCUT2D eigenvalue weighted by atomic mass is 9.90. The maximum absolute atomic E-state index is 12.7. The van der Waals surface area contributed by atoms with E-state index in [0.717, 1.165) is 45.2 Å². The molecule has 6 nitrogen and oxygen atoms in total. The van der Waals surface area contributed by atoms with E-state index in [1.807, 2.05) is 4.90 Å². The maximum atomic E-state index is 12.7. The summed E-state index contributed by atoms with van der Waals surface area (Å²) in [4.78, 5) is 29.1. The summed E-state index contributed by atoms with van der Waals surface area (Å²) in [7, 11) is 2.12. The van der Waals surface area contributed by atoms with E-state index in [4.69, 9.17) is 0 Å². The van der Waals surface area contributed by atoms with Gasteiger partial charge in [0.2, 0.25) is 5.91 Å². The van der Waals surface area contributed by atoms with Gasteiger partial charge in [-0.3, -0.25) is 4.79 Å². The summed E-state index contributed by atoms with van der Waals surface area (Å²) < 4.78 is 0. The molecule has 1 aromatic rings. The summed E-state index contributed by atoms with van der Waals surface area (Å²) in [6.45, 7) is 2.93. The first-order valence-electron chi connectivity index (χ1n) is 10.2. The van der Waals surface area contributed by atoms with Gasteiger partial charge in [0.15, 0.2) is 0 Å². The molecule has 4 rings (SSSR count). The topological polar surface area (TPSA) is 64.7 Å². The average molecular weight is 370 g/mol. The monoisotopic (exact) mass is 370 g/mol. The molecule has 2 heterocycles. The summed E-state index contributed by atoms with van der Waals surface area (Å²) >= 11 is 0. The molecule has 2 fully saturated rings. The van der Waals surface area contributed by atoms with E-state index >= 15 is 0 Å². The van der Waals surface area contributed by atoms with Crippen molar-refractivity contribution in [2.75, 3.05) is 38.1 Å². The van der Waals surface area contributed by atoms with E-state index in [9.17, 15) is 9.59 Å². The molecule has 1 saturated heterocycles. The van der Waals surface area contributed by atoms with Gasteiger partial charge in [-0.25, -0.2) is 4.79 Å². The van der Waals surface area contributed by atoms with Crippen LogP contribution in [0.3, 0.4) is 0 Å². The number of rotatable bonds is 4. The largest absolute Gasteiger partial charge is 0.374 e. The number of hydrogen-bond acceptors (Lipinski definition) is 3. The fourth-order valence-electron chi connectivity index (χ4n) is 4.26. The zero-order valence-electron chi connectivity index (χ0n) is 16.1. The molecule has 2 atom stereocenters. The Kier molecular flexibility index (Phi) is 5.23. The van der Waals surface area contributed by atoms with Gasteiger partial charge in [-0.1, -0.05) is 18.2 Å². The highest BCUT2D eigenvalue weighted by Crippen LogP contribution is 2.33. The molecule has 1 aliphatic carbocycles. The normalized spacial score (nSPS) is 24.9. The number of carbonyl (C=O) groups excluding carboxylic acids is 2. The van der Waals surface area contributed by atoms with Crippen molar-refractivity contribution >= 4 is 17.6 Å². The van der Waals surface area contributed by atoms with Crippen molar-refractivity contribution in [3.63, 3.8) is 0 Å². The Morgan fingerprint density at radius 1 is 1.11 bits per heavy atom. The molecule has 6 heteroatoms. The van der Waals surface area contributed by atoms with Gasteiger partial charge in [0, 0.05) is 50.9 Å². The average Bonchev–Trinajstić information content (AvgIpc) is 3.51. The molecule has 0 bridgehead atoms. The number of benzene rings is 1. The number of para-hydroxylation sites is 1. The van der Waals surface area contributed by atoms with Crippen LogP contribution < -0.4 is 15.5 Å². The molecule has 1 aromatic carbocycles. The number of nitrogens with zero attached hydrogens (tertiary/aromatic N) is 2. The number of likely N-dealkylation sites (tertiary alicyclic amines) is 1. The van der Waals surface area contributed by atoms with Crippen LogP contribution in [0.5, 0.6) is 0 Å². The smallest absolute Gasteiger partial charge is 0.317 e. The highest BCUT2D eigenvalue weighted by molar-refractivity contribution is 5.81. The molecule has 3 amide bonds. The van der Waals surface area contributed by atoms with Gasteiger partial charge in [-0.05, 0) is 43.7 Å². The van der Waals surface area contributed by atoms with Crippen molar-refractivity contribution < 1.29 is 9.59 Å². The molecule has 3 aliphatic rings. The molecule has 1 saturated carbocycles. The third-order valence-corrected chi connectivity index (χ3v) is 6.10. The van der Waals surface area contributed by atoms with Crippen LogP contribution in [0.15, 0.2) is 24.3 Å². The lowest BCUT2D eigenvalue weighted by Gasteiger charge is -2.35. The van der Waals surface area contributed by atoms with E-state index in [0.29, 0.717) is 25.0 Å². The zero-order chi connectivity index (χ0) is 18.8. The van der Waals surface area contributed by atoms with Crippen molar-refractivity contribution in [3.05, 3.63) is 29.8 Å². The van der Waals surface area contributed by atoms with Crippen molar-refractivity contribution in [1.29, 1.82) is 0 Å². The summed E-state index contributed by atoms with van der Waals surface area (Å²) in [5.41, 5.74) is 2.57. The van der Waals surface area contributed by atoms with Gasteiger partial charge >= 0.3 is 6.03 Å². The van der Waals surface area contributed by atoms with Crippen molar-refractivity contribution in [2.24, 2.45) is 5.92 Å². The number of hydrogen-bond donors (Lipinski definition) is 2. The molecule has 0 radical (unpaired) electrons. The minimum absolute atomic E-state index is 0.0321. The Bertz CT molecular complexity index is 703. The quantitative estimate of drug-likeness (QED) is 0.855. The van der Waals surface area contributed by atoms with Gasteiger partial charge in [0.05, 0.1) is 5.92 Å². The van der Waals surface area contributed by atoms with Crippen LogP contribution in [0.4, 0.5) is 10.5 Å². The Labute approximate surface area is 161 Å². The maximum Gasteiger partial charge on any atom is 0.317 e. The summed E-state index contributed by atoms with van der Waals surface area (Å²) in [5, 5.41) is 6.21. The predicted molar refractivity (Wildman–Crippen MR) is 106 cm³/mol. The highest BCUT2D eigenvalue weighted by Gasteiger charge is 2.32. The minimum atomic E-state index is -0.0610. The third-order valence-electron chi connectivity index (χ3n) is 6.10. The summed E-state index contributed by atoms with van der Waals surface area (Å²) in [6.07, 6.45) is 5.01. The molecule has 0 aromatic heterocycles. The van der Waals surface area contributed by atoms with Crippen LogP contribution >= 0.6 is 0 Å². The number of fused-ring (bicyclic) bond motifs is 1. The van der Waals surface area contributed by atoms with Gasteiger partial charge < -0.3 is 20.4 Å². The van der Waals surface area contributed by atoms with E-state index in [2.05, 4.69) is 46.8 Å². The fourth-order valence-corrected chi connectivity index (χ4v) is 4.26. The zero-order valence-corrected chi connectivity index (χ0v) is 16.1. The lowest BCUT2D eigenvalue weighted by molar-refractivity contribution is -0.126. The molecule has 27 heavy (non-hydrogen) atoms. The first kappa shape index (κ1) is 18.1. The Balaban J connectivity index is 1.31. The van der Waals surface area contributed by atoms with Crippen LogP contribution in [0.1, 0.15) is 43.6 Å². The van der Waals surface area contributed by atoms with Gasteiger partial charge in [-0.15, -0.1) is 0 Å². The second-order valence-electron chi connectivity index (χ2n) is 8.22.